The van der Waals surface area contributed by atoms with Crippen molar-refractivity contribution in [2.45, 2.75) is 23.8 Å². The van der Waals surface area contributed by atoms with Crippen LogP contribution in [0.3, 0.4) is 0 Å². The smallest absolute Gasteiger partial charge is 0.293 e. The Labute approximate surface area is 139 Å². The third-order valence-corrected chi connectivity index (χ3v) is 4.97. The largest absolute Gasteiger partial charge is 0.372 e. The highest BCUT2D eigenvalue weighted by Crippen LogP contribution is 2.44. The summed E-state index contributed by atoms with van der Waals surface area (Å²) in [6.45, 7) is 0. The summed E-state index contributed by atoms with van der Waals surface area (Å²) in [6.07, 6.45) is 2.10. The highest BCUT2D eigenvalue weighted by Gasteiger charge is 2.33. The topological polar surface area (TPSA) is 115 Å². The molecule has 2 aromatic rings. The van der Waals surface area contributed by atoms with Crippen molar-refractivity contribution >= 4 is 21.4 Å². The van der Waals surface area contributed by atoms with Crippen LogP contribution < -0.4 is 10.5 Å². The lowest BCUT2D eigenvalue weighted by atomic mass is 10.0. The maximum absolute atomic E-state index is 11.4. The quantitative estimate of drug-likeness (QED) is 0.616. The van der Waals surface area contributed by atoms with E-state index in [1.165, 1.54) is 12.1 Å². The zero-order valence-corrected chi connectivity index (χ0v) is 13.6. The van der Waals surface area contributed by atoms with Crippen LogP contribution in [0.5, 0.6) is 0 Å². The number of nitro benzene ring substituents is 1. The first-order valence-electron chi connectivity index (χ1n) is 7.49. The number of nitro groups is 1. The molecule has 1 aliphatic rings. The van der Waals surface area contributed by atoms with Gasteiger partial charge < -0.3 is 5.32 Å². The molecular weight excluding hydrogens is 330 g/mol. The molecule has 24 heavy (non-hydrogen) atoms. The van der Waals surface area contributed by atoms with Crippen molar-refractivity contribution in [2.75, 3.05) is 5.32 Å². The third-order valence-electron chi connectivity index (χ3n) is 4.06. The summed E-state index contributed by atoms with van der Waals surface area (Å²) in [5.41, 5.74) is 1.03. The van der Waals surface area contributed by atoms with Gasteiger partial charge in [0.05, 0.1) is 15.9 Å². The van der Waals surface area contributed by atoms with Gasteiger partial charge in [-0.3, -0.25) is 10.1 Å². The van der Waals surface area contributed by atoms with E-state index in [2.05, 4.69) is 5.32 Å². The predicted molar refractivity (Wildman–Crippen MR) is 90.0 cm³/mol. The van der Waals surface area contributed by atoms with E-state index in [1.807, 2.05) is 30.3 Å². The minimum absolute atomic E-state index is 0.0507. The van der Waals surface area contributed by atoms with Crippen LogP contribution in [-0.4, -0.2) is 13.3 Å². The van der Waals surface area contributed by atoms with E-state index in [0.29, 0.717) is 5.92 Å². The van der Waals surface area contributed by atoms with Crippen LogP contribution in [-0.2, 0) is 10.0 Å². The molecule has 0 aromatic heterocycles. The molecule has 1 fully saturated rings. The molecule has 0 heterocycles. The van der Waals surface area contributed by atoms with Gasteiger partial charge in [0.25, 0.3) is 5.69 Å². The van der Waals surface area contributed by atoms with Crippen LogP contribution in [0, 0.1) is 16.0 Å². The van der Waals surface area contributed by atoms with Gasteiger partial charge >= 0.3 is 0 Å². The summed E-state index contributed by atoms with van der Waals surface area (Å²) in [5, 5.41) is 19.6. The average molecular weight is 347 g/mol. The molecule has 2 aromatic carbocycles. The van der Waals surface area contributed by atoms with Crippen LogP contribution in [0.2, 0.25) is 0 Å². The van der Waals surface area contributed by atoms with Crippen molar-refractivity contribution in [1.29, 1.82) is 0 Å². The fourth-order valence-corrected chi connectivity index (χ4v) is 3.23. The normalized spacial score (nSPS) is 15.7. The Morgan fingerprint density at radius 3 is 2.38 bits per heavy atom. The van der Waals surface area contributed by atoms with E-state index in [4.69, 9.17) is 5.14 Å². The van der Waals surface area contributed by atoms with Gasteiger partial charge in [-0.1, -0.05) is 30.3 Å². The van der Waals surface area contributed by atoms with E-state index in [0.717, 1.165) is 24.5 Å². The molecule has 126 valence electrons. The predicted octanol–water partition coefficient (Wildman–Crippen LogP) is 2.81. The number of primary sulfonamides is 1. The first kappa shape index (κ1) is 16.4. The van der Waals surface area contributed by atoms with Crippen molar-refractivity contribution in [1.82, 2.24) is 0 Å². The minimum atomic E-state index is -3.99. The molecule has 1 atom stereocenters. The summed E-state index contributed by atoms with van der Waals surface area (Å²) < 4.78 is 22.8. The number of sulfonamides is 1. The lowest BCUT2D eigenvalue weighted by Gasteiger charge is -2.20. The zero-order valence-electron chi connectivity index (χ0n) is 12.8. The van der Waals surface area contributed by atoms with Crippen molar-refractivity contribution in [2.24, 2.45) is 11.1 Å². The molecule has 8 heteroatoms. The van der Waals surface area contributed by atoms with Crippen LogP contribution in [0.4, 0.5) is 11.4 Å². The van der Waals surface area contributed by atoms with Crippen LogP contribution in [0.15, 0.2) is 53.4 Å². The fraction of sp³-hybridized carbons (Fsp3) is 0.250. The standard InChI is InChI=1S/C16H17N3O4S/c17-24(22,23)13-8-9-14(15(10-13)19(20)21)18-16(12-6-7-12)11-4-2-1-3-5-11/h1-5,8-10,12,16,18H,6-7H2,(H2,17,22,23). The van der Waals surface area contributed by atoms with Gasteiger partial charge in [0, 0.05) is 6.07 Å². The number of anilines is 1. The summed E-state index contributed by atoms with van der Waals surface area (Å²) in [6, 6.07) is 13.3. The molecule has 0 amide bonds. The number of benzene rings is 2. The minimum Gasteiger partial charge on any atom is -0.372 e. The lowest BCUT2D eigenvalue weighted by molar-refractivity contribution is -0.384. The first-order chi connectivity index (χ1) is 11.4. The van der Waals surface area contributed by atoms with Crippen molar-refractivity contribution in [3.05, 3.63) is 64.2 Å². The Morgan fingerprint density at radius 2 is 1.83 bits per heavy atom. The van der Waals surface area contributed by atoms with Gasteiger partial charge in [-0.05, 0) is 36.5 Å². The van der Waals surface area contributed by atoms with Gasteiger partial charge in [0.1, 0.15) is 5.69 Å². The van der Waals surface area contributed by atoms with Crippen molar-refractivity contribution < 1.29 is 13.3 Å². The second-order valence-electron chi connectivity index (χ2n) is 5.85. The second-order valence-corrected chi connectivity index (χ2v) is 7.41. The number of nitrogens with two attached hydrogens (primary N) is 1. The third kappa shape index (κ3) is 3.55. The highest BCUT2D eigenvalue weighted by atomic mass is 32.2. The molecule has 0 bridgehead atoms. The van der Waals surface area contributed by atoms with Crippen LogP contribution in [0.1, 0.15) is 24.4 Å². The van der Waals surface area contributed by atoms with Crippen molar-refractivity contribution in [3.63, 3.8) is 0 Å². The molecule has 0 radical (unpaired) electrons. The molecule has 3 rings (SSSR count). The number of nitrogens with one attached hydrogen (secondary N) is 1. The molecule has 1 saturated carbocycles. The van der Waals surface area contributed by atoms with Gasteiger partial charge in [0.15, 0.2) is 0 Å². The Balaban J connectivity index is 1.97. The molecular formula is C16H17N3O4S. The van der Waals surface area contributed by atoms with Crippen LogP contribution >= 0.6 is 0 Å². The number of hydrogen-bond donors (Lipinski definition) is 2. The maximum Gasteiger partial charge on any atom is 0.293 e. The summed E-state index contributed by atoms with van der Waals surface area (Å²) in [4.78, 5) is 10.5. The zero-order chi connectivity index (χ0) is 17.3. The molecule has 7 nitrogen and oxygen atoms in total. The monoisotopic (exact) mass is 347 g/mol. The molecule has 1 unspecified atom stereocenters. The number of nitrogens with zero attached hydrogens (tertiary/aromatic N) is 1. The van der Waals surface area contributed by atoms with E-state index < -0.39 is 14.9 Å². The highest BCUT2D eigenvalue weighted by molar-refractivity contribution is 7.89. The maximum atomic E-state index is 11.4. The van der Waals surface area contributed by atoms with Crippen LogP contribution in [0.25, 0.3) is 0 Å². The Kier molecular flexibility index (Phi) is 4.25. The Morgan fingerprint density at radius 1 is 1.17 bits per heavy atom. The Hall–Kier alpha value is -2.45. The van der Waals surface area contributed by atoms with E-state index in [-0.39, 0.29) is 22.3 Å². The van der Waals surface area contributed by atoms with E-state index in [1.54, 1.807) is 0 Å². The fourth-order valence-electron chi connectivity index (χ4n) is 2.69. The van der Waals surface area contributed by atoms with E-state index >= 15 is 0 Å². The molecule has 0 aliphatic heterocycles. The summed E-state index contributed by atoms with van der Waals surface area (Å²) in [5.74, 6) is 0.407. The van der Waals surface area contributed by atoms with E-state index in [9.17, 15) is 18.5 Å². The summed E-state index contributed by atoms with van der Waals surface area (Å²) >= 11 is 0. The molecule has 0 spiro atoms. The molecule has 0 saturated heterocycles. The van der Waals surface area contributed by atoms with Crippen molar-refractivity contribution in [3.8, 4) is 0 Å². The summed E-state index contributed by atoms with van der Waals surface area (Å²) in [7, 11) is -3.99. The lowest BCUT2D eigenvalue weighted by Crippen LogP contribution is -2.15. The van der Waals surface area contributed by atoms with Gasteiger partial charge in [-0.2, -0.15) is 0 Å². The first-order valence-corrected chi connectivity index (χ1v) is 9.03. The number of hydrogen-bond acceptors (Lipinski definition) is 5. The average Bonchev–Trinajstić information content (AvgIpc) is 3.37. The molecule has 3 N–H and O–H groups in total. The second kappa shape index (κ2) is 6.21. The van der Waals surface area contributed by atoms with Gasteiger partial charge in [-0.15, -0.1) is 0 Å². The SMILES string of the molecule is NS(=O)(=O)c1ccc(NC(c2ccccc2)C2CC2)c([N+](=O)[O-])c1. The number of rotatable bonds is 6. The van der Waals surface area contributed by atoms with Gasteiger partial charge in [-0.25, -0.2) is 13.6 Å². The Bertz CT molecular complexity index is 864. The van der Waals surface area contributed by atoms with Gasteiger partial charge in [0.2, 0.25) is 10.0 Å². The molecule has 1 aliphatic carbocycles.